The fourth-order valence-electron chi connectivity index (χ4n) is 5.29. The molecule has 30 heavy (non-hydrogen) atoms. The lowest BCUT2D eigenvalue weighted by Crippen LogP contribution is -2.55. The van der Waals surface area contributed by atoms with Crippen LogP contribution in [0, 0.1) is 19.8 Å². The van der Waals surface area contributed by atoms with Crippen LogP contribution in [0.1, 0.15) is 42.3 Å². The van der Waals surface area contributed by atoms with Crippen molar-refractivity contribution in [3.05, 3.63) is 71.1 Å². The normalized spacial score (nSPS) is 24.0. The molecule has 0 radical (unpaired) electrons. The first-order chi connectivity index (χ1) is 14.5. The van der Waals surface area contributed by atoms with Crippen LogP contribution in [0.5, 0.6) is 0 Å². The summed E-state index contributed by atoms with van der Waals surface area (Å²) in [5, 5.41) is 7.31. The Labute approximate surface area is 177 Å². The number of benzene rings is 2. The summed E-state index contributed by atoms with van der Waals surface area (Å²) in [5.41, 5.74) is 5.01. The van der Waals surface area contributed by atoms with Gasteiger partial charge in [0.15, 0.2) is 5.54 Å². The molecule has 1 N–H and O–H groups in total. The van der Waals surface area contributed by atoms with E-state index in [4.69, 9.17) is 4.52 Å². The van der Waals surface area contributed by atoms with E-state index in [1.807, 2.05) is 44.2 Å². The summed E-state index contributed by atoms with van der Waals surface area (Å²) in [5.74, 6) is 1.39. The quantitative estimate of drug-likeness (QED) is 0.679. The molecular weight excluding hydrogens is 374 g/mol. The van der Waals surface area contributed by atoms with Gasteiger partial charge in [0.25, 0.3) is 5.91 Å². The lowest BCUT2D eigenvalue weighted by molar-refractivity contribution is -0.126. The van der Waals surface area contributed by atoms with E-state index < -0.39 is 5.54 Å². The standard InChI is InChI=1S/C25H27N3O2/c1-16-8-7-13-28(15-16)25(20-9-5-4-6-10-20)21-14-19(11-12-22(21)26-24(25)29)23-17(2)27-30-18(23)3/h4-6,9-12,14,16H,7-8,13,15H2,1-3H3,(H,26,29)/t16-,25?/m1/s1. The summed E-state index contributed by atoms with van der Waals surface area (Å²) in [6, 6.07) is 16.4. The fraction of sp³-hybridized carbons (Fsp3) is 0.360. The molecule has 1 saturated heterocycles. The van der Waals surface area contributed by atoms with Crippen LogP contribution in [-0.2, 0) is 10.3 Å². The van der Waals surface area contributed by atoms with Crippen LogP contribution in [0.15, 0.2) is 53.1 Å². The molecule has 0 bridgehead atoms. The van der Waals surface area contributed by atoms with E-state index in [1.165, 1.54) is 6.42 Å². The van der Waals surface area contributed by atoms with Crippen molar-refractivity contribution in [2.45, 2.75) is 39.2 Å². The van der Waals surface area contributed by atoms with Gasteiger partial charge in [-0.3, -0.25) is 9.69 Å². The number of carbonyl (C=O) groups is 1. The lowest BCUT2D eigenvalue weighted by atomic mass is 9.79. The number of hydrogen-bond donors (Lipinski definition) is 1. The highest BCUT2D eigenvalue weighted by molar-refractivity contribution is 6.09. The van der Waals surface area contributed by atoms with Crippen molar-refractivity contribution in [1.82, 2.24) is 10.1 Å². The first-order valence-electron chi connectivity index (χ1n) is 10.7. The van der Waals surface area contributed by atoms with Gasteiger partial charge in [-0.05, 0) is 62.4 Å². The zero-order valence-corrected chi connectivity index (χ0v) is 17.7. The number of carbonyl (C=O) groups excluding carboxylic acids is 1. The van der Waals surface area contributed by atoms with Crippen LogP contribution in [0.4, 0.5) is 5.69 Å². The van der Waals surface area contributed by atoms with Gasteiger partial charge in [0, 0.05) is 23.4 Å². The predicted octanol–water partition coefficient (Wildman–Crippen LogP) is 4.89. The summed E-state index contributed by atoms with van der Waals surface area (Å²) < 4.78 is 5.41. The van der Waals surface area contributed by atoms with Crippen molar-refractivity contribution in [1.29, 1.82) is 0 Å². The Bertz CT molecular complexity index is 1090. The molecule has 0 saturated carbocycles. The lowest BCUT2D eigenvalue weighted by Gasteiger charge is -2.44. The molecule has 5 heteroatoms. The number of fused-ring (bicyclic) bond motifs is 1. The Kier molecular flexibility index (Phi) is 4.51. The molecule has 5 rings (SSSR count). The second kappa shape index (κ2) is 7.10. The van der Waals surface area contributed by atoms with Gasteiger partial charge in [-0.1, -0.05) is 48.5 Å². The Morgan fingerprint density at radius 2 is 1.97 bits per heavy atom. The van der Waals surface area contributed by atoms with Gasteiger partial charge < -0.3 is 9.84 Å². The Morgan fingerprint density at radius 3 is 2.67 bits per heavy atom. The highest BCUT2D eigenvalue weighted by atomic mass is 16.5. The van der Waals surface area contributed by atoms with Gasteiger partial charge in [-0.2, -0.15) is 0 Å². The SMILES string of the molecule is Cc1noc(C)c1-c1ccc2c(c1)C(c1ccccc1)(N1CCC[C@@H](C)C1)C(=O)N2. The van der Waals surface area contributed by atoms with Crippen LogP contribution in [0.25, 0.3) is 11.1 Å². The average Bonchev–Trinajstić information content (AvgIpc) is 3.24. The third-order valence-corrected chi connectivity index (χ3v) is 6.63. The van der Waals surface area contributed by atoms with Crippen LogP contribution in [0.3, 0.4) is 0 Å². The summed E-state index contributed by atoms with van der Waals surface area (Å²) in [6.45, 7) is 7.97. The molecule has 154 valence electrons. The third-order valence-electron chi connectivity index (χ3n) is 6.63. The molecule has 1 aromatic heterocycles. The first-order valence-corrected chi connectivity index (χ1v) is 10.7. The molecule has 2 atom stereocenters. The largest absolute Gasteiger partial charge is 0.361 e. The average molecular weight is 402 g/mol. The van der Waals surface area contributed by atoms with E-state index in [0.717, 1.165) is 58.9 Å². The fourth-order valence-corrected chi connectivity index (χ4v) is 5.29. The Hall–Kier alpha value is -2.92. The topological polar surface area (TPSA) is 58.4 Å². The number of hydrogen-bond acceptors (Lipinski definition) is 4. The van der Waals surface area contributed by atoms with Crippen molar-refractivity contribution in [3.63, 3.8) is 0 Å². The number of rotatable bonds is 3. The summed E-state index contributed by atoms with van der Waals surface area (Å²) in [6.07, 6.45) is 2.30. The highest BCUT2D eigenvalue weighted by Crippen LogP contribution is 2.48. The monoisotopic (exact) mass is 401 g/mol. The molecular formula is C25H27N3O2. The maximum Gasteiger partial charge on any atom is 0.254 e. The van der Waals surface area contributed by atoms with Crippen molar-refractivity contribution in [3.8, 4) is 11.1 Å². The molecule has 2 aliphatic heterocycles. The number of nitrogens with one attached hydrogen (secondary N) is 1. The van der Waals surface area contributed by atoms with E-state index in [1.54, 1.807) is 0 Å². The summed E-state index contributed by atoms with van der Waals surface area (Å²) in [4.78, 5) is 16.1. The number of nitrogens with zero attached hydrogens (tertiary/aromatic N) is 2. The number of anilines is 1. The maximum atomic E-state index is 13.7. The first kappa shape index (κ1) is 19.1. The molecule has 5 nitrogen and oxygen atoms in total. The summed E-state index contributed by atoms with van der Waals surface area (Å²) in [7, 11) is 0. The van der Waals surface area contributed by atoms with Crippen LogP contribution < -0.4 is 5.32 Å². The van der Waals surface area contributed by atoms with Gasteiger partial charge in [0.2, 0.25) is 0 Å². The number of piperidine rings is 1. The second-order valence-corrected chi connectivity index (χ2v) is 8.68. The molecule has 3 aromatic rings. The molecule has 1 unspecified atom stereocenters. The Balaban J connectivity index is 1.75. The van der Waals surface area contributed by atoms with Crippen molar-refractivity contribution in [2.75, 3.05) is 18.4 Å². The Morgan fingerprint density at radius 1 is 1.17 bits per heavy atom. The molecule has 2 aliphatic rings. The van der Waals surface area contributed by atoms with Crippen molar-refractivity contribution < 1.29 is 9.32 Å². The minimum Gasteiger partial charge on any atom is -0.361 e. The second-order valence-electron chi connectivity index (χ2n) is 8.68. The van der Waals surface area contributed by atoms with E-state index in [9.17, 15) is 4.79 Å². The summed E-state index contributed by atoms with van der Waals surface area (Å²) >= 11 is 0. The van der Waals surface area contributed by atoms with E-state index in [-0.39, 0.29) is 5.91 Å². The van der Waals surface area contributed by atoms with Gasteiger partial charge in [-0.25, -0.2) is 0 Å². The van der Waals surface area contributed by atoms with Crippen LogP contribution in [-0.4, -0.2) is 29.1 Å². The molecule has 0 spiro atoms. The maximum absolute atomic E-state index is 13.7. The smallest absolute Gasteiger partial charge is 0.254 e. The molecule has 3 heterocycles. The minimum absolute atomic E-state index is 0.0358. The number of likely N-dealkylation sites (tertiary alicyclic amines) is 1. The number of amides is 1. The van der Waals surface area contributed by atoms with Gasteiger partial charge in [-0.15, -0.1) is 0 Å². The van der Waals surface area contributed by atoms with E-state index in [0.29, 0.717) is 5.92 Å². The predicted molar refractivity (Wildman–Crippen MR) is 117 cm³/mol. The number of aryl methyl sites for hydroxylation is 2. The van der Waals surface area contributed by atoms with Crippen molar-refractivity contribution >= 4 is 11.6 Å². The zero-order chi connectivity index (χ0) is 20.9. The van der Waals surface area contributed by atoms with Gasteiger partial charge in [0.05, 0.1) is 5.69 Å². The minimum atomic E-state index is -0.819. The molecule has 2 aromatic carbocycles. The molecule has 0 aliphatic carbocycles. The zero-order valence-electron chi connectivity index (χ0n) is 17.7. The molecule has 1 amide bonds. The van der Waals surface area contributed by atoms with Crippen molar-refractivity contribution in [2.24, 2.45) is 5.92 Å². The van der Waals surface area contributed by atoms with Crippen LogP contribution in [0.2, 0.25) is 0 Å². The third kappa shape index (κ3) is 2.72. The highest BCUT2D eigenvalue weighted by Gasteiger charge is 2.53. The molecule has 1 fully saturated rings. The van der Waals surface area contributed by atoms with E-state index >= 15 is 0 Å². The van der Waals surface area contributed by atoms with Crippen LogP contribution >= 0.6 is 0 Å². The van der Waals surface area contributed by atoms with E-state index in [2.05, 4.69) is 40.5 Å². The van der Waals surface area contributed by atoms with Gasteiger partial charge >= 0.3 is 0 Å². The number of aromatic nitrogens is 1. The van der Waals surface area contributed by atoms with Gasteiger partial charge in [0.1, 0.15) is 5.76 Å².